The van der Waals surface area contributed by atoms with E-state index in [1.807, 2.05) is 72.5 Å². The van der Waals surface area contributed by atoms with Gasteiger partial charge >= 0.3 is 0 Å². The van der Waals surface area contributed by atoms with Gasteiger partial charge in [0.15, 0.2) is 0 Å². The van der Waals surface area contributed by atoms with E-state index in [4.69, 9.17) is 4.98 Å². The van der Waals surface area contributed by atoms with Crippen LogP contribution in [0.3, 0.4) is 0 Å². The first-order valence-corrected chi connectivity index (χ1v) is 14.0. The summed E-state index contributed by atoms with van der Waals surface area (Å²) in [6.45, 7) is 3.25. The summed E-state index contributed by atoms with van der Waals surface area (Å²) in [6.07, 6.45) is 5.58. The molecule has 2 aromatic heterocycles. The molecule has 0 radical (unpaired) electrons. The van der Waals surface area contributed by atoms with E-state index in [2.05, 4.69) is 10.3 Å². The molecule has 7 heteroatoms. The van der Waals surface area contributed by atoms with Gasteiger partial charge in [-0.2, -0.15) is 0 Å². The van der Waals surface area contributed by atoms with E-state index in [0.29, 0.717) is 24.1 Å². The van der Waals surface area contributed by atoms with E-state index in [9.17, 15) is 9.90 Å². The Morgan fingerprint density at radius 3 is 2.78 bits per heavy atom. The van der Waals surface area contributed by atoms with Gasteiger partial charge in [0.05, 0.1) is 15.4 Å². The van der Waals surface area contributed by atoms with Crippen molar-refractivity contribution in [3.8, 4) is 10.4 Å². The van der Waals surface area contributed by atoms with Gasteiger partial charge in [0.25, 0.3) is 5.91 Å². The molecule has 190 valence electrons. The molecular weight excluding hydrogens is 480 g/mol. The van der Waals surface area contributed by atoms with E-state index >= 15 is 0 Å². The number of aliphatic hydroxyl groups excluding tert-OH is 1. The number of aromatic nitrogens is 2. The zero-order valence-corrected chi connectivity index (χ0v) is 21.8. The third-order valence-corrected chi connectivity index (χ3v) is 9.03. The molecule has 0 bridgehead atoms. The van der Waals surface area contributed by atoms with Crippen LogP contribution in [0.4, 0.5) is 0 Å². The highest BCUT2D eigenvalue weighted by molar-refractivity contribution is 7.15. The Morgan fingerprint density at radius 2 is 1.92 bits per heavy atom. The van der Waals surface area contributed by atoms with Gasteiger partial charge in [-0.15, -0.1) is 11.3 Å². The Balaban J connectivity index is 1.27. The van der Waals surface area contributed by atoms with Crippen LogP contribution in [0.5, 0.6) is 0 Å². The van der Waals surface area contributed by atoms with Crippen LogP contribution in [0.1, 0.15) is 53.0 Å². The predicted octanol–water partition coefficient (Wildman–Crippen LogP) is 5.58. The van der Waals surface area contributed by atoms with Crippen LogP contribution in [0, 0.1) is 18.8 Å². The second-order valence-electron chi connectivity index (χ2n) is 10.2. The summed E-state index contributed by atoms with van der Waals surface area (Å²) >= 11 is 1.58. The van der Waals surface area contributed by atoms with Crippen molar-refractivity contribution in [2.75, 3.05) is 13.1 Å². The third-order valence-electron chi connectivity index (χ3n) is 8.01. The normalized spacial score (nSPS) is 22.2. The summed E-state index contributed by atoms with van der Waals surface area (Å²) in [6, 6.07) is 19.9. The summed E-state index contributed by atoms with van der Waals surface area (Å²) < 4.78 is 0. The molecular formula is C30H32N4O2S. The number of hydrogen-bond donors (Lipinski definition) is 2. The molecule has 2 fully saturated rings. The van der Waals surface area contributed by atoms with Gasteiger partial charge in [0.1, 0.15) is 11.9 Å². The van der Waals surface area contributed by atoms with Gasteiger partial charge in [-0.05, 0) is 43.2 Å². The molecule has 37 heavy (non-hydrogen) atoms. The van der Waals surface area contributed by atoms with Crippen LogP contribution in [-0.2, 0) is 0 Å². The van der Waals surface area contributed by atoms with Crippen molar-refractivity contribution < 1.29 is 9.90 Å². The van der Waals surface area contributed by atoms with Crippen molar-refractivity contribution >= 4 is 28.1 Å². The molecule has 4 aromatic rings. The highest BCUT2D eigenvalue weighted by Gasteiger charge is 2.45. The molecule has 3 heterocycles. The van der Waals surface area contributed by atoms with Crippen LogP contribution in [-0.4, -0.2) is 45.0 Å². The molecule has 6 rings (SSSR count). The Hall–Kier alpha value is -3.13. The topological polar surface area (TPSA) is 78.4 Å². The molecule has 1 saturated heterocycles. The Kier molecular flexibility index (Phi) is 6.76. The number of thiazole rings is 1. The number of aryl methyl sites for hydroxylation is 1. The zero-order valence-electron chi connectivity index (χ0n) is 21.0. The maximum atomic E-state index is 14.1. The standard InChI is InChI=1S/C30H32N4O2S/c1-19-33-27(28(37-19)21-9-3-2-4-10-21)30(36)34-18-22-11-5-6-14-23(22)25(34)17-32-29(35)24-15-7-12-20-13-8-16-31-26(20)24/h2-4,7-10,12-13,15-16,22-23,25,29,32,35H,5-6,11,14,17-18H2,1H3/t22-,23-,25+,29?/m0/s1. The van der Waals surface area contributed by atoms with Gasteiger partial charge in [0.2, 0.25) is 0 Å². The fourth-order valence-corrected chi connectivity index (χ4v) is 7.18. The van der Waals surface area contributed by atoms with E-state index in [1.165, 1.54) is 12.8 Å². The second-order valence-corrected chi connectivity index (χ2v) is 11.4. The molecule has 6 nitrogen and oxygen atoms in total. The first-order chi connectivity index (χ1) is 18.1. The van der Waals surface area contributed by atoms with Gasteiger partial charge in [-0.1, -0.05) is 67.4 Å². The number of aliphatic hydroxyl groups is 1. The molecule has 2 N–H and O–H groups in total. The second kappa shape index (κ2) is 10.3. The minimum atomic E-state index is -0.861. The lowest BCUT2D eigenvalue weighted by atomic mass is 9.78. The predicted molar refractivity (Wildman–Crippen MR) is 147 cm³/mol. The highest BCUT2D eigenvalue weighted by atomic mass is 32.1. The van der Waals surface area contributed by atoms with Crippen LogP contribution in [0.15, 0.2) is 66.9 Å². The molecule has 1 aliphatic heterocycles. The number of hydrogen-bond acceptors (Lipinski definition) is 6. The smallest absolute Gasteiger partial charge is 0.274 e. The lowest BCUT2D eigenvalue weighted by molar-refractivity contribution is 0.0674. The molecule has 1 saturated carbocycles. The van der Waals surface area contributed by atoms with Crippen LogP contribution < -0.4 is 5.32 Å². The number of para-hydroxylation sites is 1. The number of likely N-dealkylation sites (tertiary alicyclic amines) is 1. The maximum Gasteiger partial charge on any atom is 0.274 e. The minimum absolute atomic E-state index is 0.00530. The monoisotopic (exact) mass is 512 g/mol. The van der Waals surface area contributed by atoms with Gasteiger partial charge in [0, 0.05) is 36.3 Å². The number of pyridine rings is 1. The average Bonchev–Trinajstić information content (AvgIpc) is 3.52. The summed E-state index contributed by atoms with van der Waals surface area (Å²) in [4.78, 5) is 26.3. The lowest BCUT2D eigenvalue weighted by Gasteiger charge is -2.31. The Bertz CT molecular complexity index is 1400. The number of fused-ring (bicyclic) bond motifs is 2. The quantitative estimate of drug-likeness (QED) is 0.330. The van der Waals surface area contributed by atoms with E-state index < -0.39 is 6.23 Å². The molecule has 2 aromatic carbocycles. The number of nitrogens with zero attached hydrogens (tertiary/aromatic N) is 3. The van der Waals surface area contributed by atoms with Crippen molar-refractivity contribution in [3.05, 3.63) is 83.1 Å². The lowest BCUT2D eigenvalue weighted by Crippen LogP contribution is -2.45. The van der Waals surface area contributed by atoms with Gasteiger partial charge in [-0.25, -0.2) is 4.98 Å². The van der Waals surface area contributed by atoms with E-state index in [1.54, 1.807) is 17.5 Å². The molecule has 0 spiro atoms. The fraction of sp³-hybridized carbons (Fsp3) is 0.367. The largest absolute Gasteiger partial charge is 0.374 e. The summed E-state index contributed by atoms with van der Waals surface area (Å²) in [5, 5.41) is 16.4. The molecule has 1 unspecified atom stereocenters. The maximum absolute atomic E-state index is 14.1. The Morgan fingerprint density at radius 1 is 1.11 bits per heavy atom. The highest BCUT2D eigenvalue weighted by Crippen LogP contribution is 2.42. The van der Waals surface area contributed by atoms with Crippen molar-refractivity contribution in [2.45, 2.75) is 44.9 Å². The summed E-state index contributed by atoms with van der Waals surface area (Å²) in [5.41, 5.74) is 3.14. The van der Waals surface area contributed by atoms with E-state index in [-0.39, 0.29) is 11.9 Å². The van der Waals surface area contributed by atoms with Gasteiger partial charge < -0.3 is 10.0 Å². The number of rotatable bonds is 6. The van der Waals surface area contributed by atoms with Crippen molar-refractivity contribution in [1.29, 1.82) is 0 Å². The number of benzene rings is 2. The van der Waals surface area contributed by atoms with Gasteiger partial charge in [-0.3, -0.25) is 15.1 Å². The molecule has 4 atom stereocenters. The number of carbonyl (C=O) groups is 1. The average molecular weight is 513 g/mol. The van der Waals surface area contributed by atoms with Crippen LogP contribution in [0.2, 0.25) is 0 Å². The summed E-state index contributed by atoms with van der Waals surface area (Å²) in [5.74, 6) is 0.939. The Labute approximate surface area is 221 Å². The third kappa shape index (κ3) is 4.67. The number of nitrogens with one attached hydrogen (secondary N) is 1. The van der Waals surface area contributed by atoms with Crippen molar-refractivity contribution in [3.63, 3.8) is 0 Å². The minimum Gasteiger partial charge on any atom is -0.374 e. The first kappa shape index (κ1) is 24.2. The van der Waals surface area contributed by atoms with Crippen molar-refractivity contribution in [2.24, 2.45) is 11.8 Å². The molecule has 1 aliphatic carbocycles. The SMILES string of the molecule is Cc1nc(C(=O)N2C[C@@H]3CCCC[C@@H]3[C@H]2CNC(O)c2cccc3cccnc23)c(-c2ccccc2)s1. The van der Waals surface area contributed by atoms with E-state index in [0.717, 1.165) is 51.3 Å². The number of amides is 1. The first-order valence-electron chi connectivity index (χ1n) is 13.2. The molecule has 2 aliphatic rings. The molecule has 1 amide bonds. The van der Waals surface area contributed by atoms with Crippen LogP contribution in [0.25, 0.3) is 21.3 Å². The number of carbonyl (C=O) groups excluding carboxylic acids is 1. The zero-order chi connectivity index (χ0) is 25.4. The fourth-order valence-electron chi connectivity index (χ4n) is 6.27. The van der Waals surface area contributed by atoms with Crippen molar-refractivity contribution in [1.82, 2.24) is 20.2 Å². The van der Waals surface area contributed by atoms with Crippen LogP contribution >= 0.6 is 11.3 Å². The summed E-state index contributed by atoms with van der Waals surface area (Å²) in [7, 11) is 0.